The Kier molecular flexibility index (Phi) is 5.73. The largest absolute Gasteiger partial charge is 0.481 e. The highest BCUT2D eigenvalue weighted by atomic mass is 16.4. The van der Waals surface area contributed by atoms with Crippen LogP contribution in [0.25, 0.3) is 0 Å². The Hall–Kier alpha value is -4.17. The van der Waals surface area contributed by atoms with Gasteiger partial charge in [0.1, 0.15) is 5.54 Å². The van der Waals surface area contributed by atoms with Gasteiger partial charge in [-0.1, -0.05) is 91.0 Å². The van der Waals surface area contributed by atoms with Crippen molar-refractivity contribution in [2.45, 2.75) is 18.4 Å². The van der Waals surface area contributed by atoms with Crippen LogP contribution in [-0.2, 0) is 16.8 Å². The molecule has 5 rings (SSSR count). The van der Waals surface area contributed by atoms with E-state index in [2.05, 4.69) is 47.0 Å². The molecular formula is C29H25N3O2. The van der Waals surface area contributed by atoms with Gasteiger partial charge in [0.15, 0.2) is 0 Å². The summed E-state index contributed by atoms with van der Waals surface area (Å²) < 4.78 is 2.14. The summed E-state index contributed by atoms with van der Waals surface area (Å²) in [6.45, 7) is 0. The molecule has 1 aromatic heterocycles. The predicted molar refractivity (Wildman–Crippen MR) is 129 cm³/mol. The molecule has 5 nitrogen and oxygen atoms in total. The molecule has 168 valence electrons. The topological polar surface area (TPSA) is 78.9 Å². The first-order valence-electron chi connectivity index (χ1n) is 11.5. The molecule has 1 aliphatic rings. The second-order valence-electron chi connectivity index (χ2n) is 8.84. The average Bonchev–Trinajstić information content (AvgIpc) is 3.34. The van der Waals surface area contributed by atoms with Crippen molar-refractivity contribution in [3.05, 3.63) is 126 Å². The van der Waals surface area contributed by atoms with E-state index < -0.39 is 17.4 Å². The molecule has 3 unspecified atom stereocenters. The lowest BCUT2D eigenvalue weighted by molar-refractivity contribution is -0.139. The zero-order valence-electron chi connectivity index (χ0n) is 18.7. The third-order valence-corrected chi connectivity index (χ3v) is 6.99. The molecule has 1 saturated carbocycles. The lowest BCUT2D eigenvalue weighted by atomic mass is 9.77. The normalized spacial score (nSPS) is 19.3. The third kappa shape index (κ3) is 3.68. The molecule has 1 heterocycles. The molecule has 0 radical (unpaired) electrons. The van der Waals surface area contributed by atoms with E-state index in [1.54, 1.807) is 0 Å². The van der Waals surface area contributed by atoms with Crippen molar-refractivity contribution in [3.63, 3.8) is 0 Å². The average molecular weight is 448 g/mol. The van der Waals surface area contributed by atoms with Crippen molar-refractivity contribution < 1.29 is 9.90 Å². The number of imidazole rings is 1. The molecule has 3 atom stereocenters. The first-order valence-corrected chi connectivity index (χ1v) is 11.5. The lowest BCUT2D eigenvalue weighted by Crippen LogP contribution is -2.36. The number of benzene rings is 3. The van der Waals surface area contributed by atoms with Crippen molar-refractivity contribution in [3.8, 4) is 6.07 Å². The van der Waals surface area contributed by atoms with Crippen molar-refractivity contribution in [1.82, 2.24) is 9.55 Å². The van der Waals surface area contributed by atoms with Crippen molar-refractivity contribution in [2.75, 3.05) is 0 Å². The van der Waals surface area contributed by atoms with Crippen LogP contribution in [-0.4, -0.2) is 20.6 Å². The van der Waals surface area contributed by atoms with E-state index >= 15 is 0 Å². The standard InChI is InChI=1S/C29H25N3O2/c30-17-16-25-26(27(25)28(33)34)18-24-19-32(20-31-24)29(21-10-4-1-5-11-21,22-12-6-2-7-13-22)23-14-8-3-9-15-23/h1-15,19-20,25-27H,16,18H2,(H,33,34). The van der Waals surface area contributed by atoms with Gasteiger partial charge in [-0.3, -0.25) is 4.79 Å². The van der Waals surface area contributed by atoms with Crippen molar-refractivity contribution in [2.24, 2.45) is 17.8 Å². The molecule has 0 amide bonds. The van der Waals surface area contributed by atoms with Crippen LogP contribution in [0.2, 0.25) is 0 Å². The highest BCUT2D eigenvalue weighted by Gasteiger charge is 2.54. The summed E-state index contributed by atoms with van der Waals surface area (Å²) in [4.78, 5) is 16.3. The van der Waals surface area contributed by atoms with Crippen molar-refractivity contribution >= 4 is 5.97 Å². The monoisotopic (exact) mass is 447 g/mol. The van der Waals surface area contributed by atoms with Crippen LogP contribution in [0.3, 0.4) is 0 Å². The zero-order chi connectivity index (χ0) is 23.5. The number of hydrogen-bond acceptors (Lipinski definition) is 3. The van der Waals surface area contributed by atoms with Crippen LogP contribution in [0.5, 0.6) is 0 Å². The molecule has 0 bridgehead atoms. The zero-order valence-corrected chi connectivity index (χ0v) is 18.7. The Morgan fingerprint density at radius 2 is 1.38 bits per heavy atom. The summed E-state index contributed by atoms with van der Waals surface area (Å²) >= 11 is 0. The quantitative estimate of drug-likeness (QED) is 0.380. The Balaban J connectivity index is 1.63. The summed E-state index contributed by atoms with van der Waals surface area (Å²) in [5.74, 6) is -1.45. The molecule has 1 fully saturated rings. The molecule has 34 heavy (non-hydrogen) atoms. The van der Waals surface area contributed by atoms with E-state index in [1.807, 2.05) is 67.1 Å². The van der Waals surface area contributed by atoms with Gasteiger partial charge >= 0.3 is 5.97 Å². The van der Waals surface area contributed by atoms with Crippen LogP contribution < -0.4 is 0 Å². The van der Waals surface area contributed by atoms with Crippen LogP contribution in [0.15, 0.2) is 104 Å². The highest BCUT2D eigenvalue weighted by Crippen LogP contribution is 2.50. The van der Waals surface area contributed by atoms with Crippen LogP contribution >= 0.6 is 0 Å². The molecule has 5 heteroatoms. The van der Waals surface area contributed by atoms with Gasteiger partial charge < -0.3 is 9.67 Å². The SMILES string of the molecule is N#CCC1C(Cc2cn(C(c3ccccc3)(c3ccccc3)c3ccccc3)cn2)C1C(=O)O. The summed E-state index contributed by atoms with van der Waals surface area (Å²) in [6, 6.07) is 33.2. The van der Waals surface area contributed by atoms with Crippen molar-refractivity contribution in [1.29, 1.82) is 5.26 Å². The molecular weight excluding hydrogens is 422 g/mol. The van der Waals surface area contributed by atoms with E-state index in [0.717, 1.165) is 22.4 Å². The fraction of sp³-hybridized carbons (Fsp3) is 0.207. The van der Waals surface area contributed by atoms with E-state index in [0.29, 0.717) is 6.42 Å². The third-order valence-electron chi connectivity index (χ3n) is 6.99. The van der Waals surface area contributed by atoms with Gasteiger partial charge in [-0.15, -0.1) is 0 Å². The predicted octanol–water partition coefficient (Wildman–Crippen LogP) is 5.13. The molecule has 0 aliphatic heterocycles. The maximum atomic E-state index is 11.6. The second kappa shape index (κ2) is 8.99. The minimum absolute atomic E-state index is 0.0555. The molecule has 4 aromatic rings. The number of rotatable bonds is 8. The van der Waals surface area contributed by atoms with Gasteiger partial charge in [0.2, 0.25) is 0 Å². The van der Waals surface area contributed by atoms with E-state index in [1.165, 1.54) is 0 Å². The van der Waals surface area contributed by atoms with Crippen LogP contribution in [0, 0.1) is 29.1 Å². The first-order chi connectivity index (χ1) is 16.7. The fourth-order valence-electron chi connectivity index (χ4n) is 5.35. The molecule has 3 aromatic carbocycles. The Bertz CT molecular complexity index is 1210. The number of aliphatic carboxylic acids is 1. The minimum atomic E-state index is -0.822. The molecule has 1 N–H and O–H groups in total. The van der Waals surface area contributed by atoms with Gasteiger partial charge in [0, 0.05) is 12.6 Å². The van der Waals surface area contributed by atoms with E-state index in [9.17, 15) is 9.90 Å². The Morgan fingerprint density at radius 1 is 0.882 bits per heavy atom. The number of nitrogens with zero attached hydrogens (tertiary/aromatic N) is 3. The number of carboxylic acid groups (broad SMARTS) is 1. The van der Waals surface area contributed by atoms with Gasteiger partial charge in [0.05, 0.1) is 24.0 Å². The van der Waals surface area contributed by atoms with Gasteiger partial charge in [-0.2, -0.15) is 5.26 Å². The van der Waals surface area contributed by atoms with Crippen LogP contribution in [0.4, 0.5) is 0 Å². The summed E-state index contributed by atoms with van der Waals surface area (Å²) in [5, 5.41) is 18.6. The fourth-order valence-corrected chi connectivity index (χ4v) is 5.35. The van der Waals surface area contributed by atoms with E-state index in [4.69, 9.17) is 10.2 Å². The summed E-state index contributed by atoms with van der Waals surface area (Å²) in [5.41, 5.74) is 3.51. The molecule has 0 saturated heterocycles. The number of carboxylic acids is 1. The highest BCUT2D eigenvalue weighted by molar-refractivity contribution is 5.74. The first kappa shape index (κ1) is 21.7. The molecule has 1 aliphatic carbocycles. The maximum absolute atomic E-state index is 11.6. The smallest absolute Gasteiger partial charge is 0.307 e. The van der Waals surface area contributed by atoms with E-state index in [-0.39, 0.29) is 18.3 Å². The molecule has 0 spiro atoms. The Labute approximate surface area is 199 Å². The van der Waals surface area contributed by atoms with Crippen LogP contribution in [0.1, 0.15) is 28.8 Å². The minimum Gasteiger partial charge on any atom is -0.481 e. The number of aromatic nitrogens is 2. The maximum Gasteiger partial charge on any atom is 0.307 e. The number of carbonyl (C=O) groups is 1. The summed E-state index contributed by atoms with van der Waals surface area (Å²) in [7, 11) is 0. The number of hydrogen-bond donors (Lipinski definition) is 1. The van der Waals surface area contributed by atoms with Gasteiger partial charge in [-0.05, 0) is 34.9 Å². The Morgan fingerprint density at radius 3 is 1.82 bits per heavy atom. The second-order valence-corrected chi connectivity index (χ2v) is 8.84. The van der Waals surface area contributed by atoms with Gasteiger partial charge in [0.25, 0.3) is 0 Å². The van der Waals surface area contributed by atoms with Gasteiger partial charge in [-0.25, -0.2) is 4.98 Å². The summed E-state index contributed by atoms with van der Waals surface area (Å²) in [6.07, 6.45) is 4.70. The number of nitriles is 1. The lowest BCUT2D eigenvalue weighted by Gasteiger charge is -2.37.